The zero-order valence-corrected chi connectivity index (χ0v) is 10.5. The molecule has 0 spiro atoms. The molecule has 0 saturated heterocycles. The summed E-state index contributed by atoms with van der Waals surface area (Å²) >= 11 is 0. The summed E-state index contributed by atoms with van der Waals surface area (Å²) in [7, 11) is 0. The number of anilines is 1. The van der Waals surface area contributed by atoms with E-state index in [1.54, 1.807) is 0 Å². The molecule has 0 aromatic carbocycles. The Labute approximate surface area is 106 Å². The van der Waals surface area contributed by atoms with Crippen LogP contribution in [0.2, 0.25) is 0 Å². The Morgan fingerprint density at radius 3 is 2.50 bits per heavy atom. The van der Waals surface area contributed by atoms with E-state index in [4.69, 9.17) is 0 Å². The van der Waals surface area contributed by atoms with Gasteiger partial charge in [0.2, 0.25) is 5.95 Å². The Bertz CT molecular complexity index is 401. The predicted octanol–water partition coefficient (Wildman–Crippen LogP) is 2.77. The number of aromatic nitrogens is 2. The van der Waals surface area contributed by atoms with Crippen molar-refractivity contribution in [3.63, 3.8) is 0 Å². The molecule has 1 N–H and O–H groups in total. The van der Waals surface area contributed by atoms with Crippen molar-refractivity contribution in [2.45, 2.75) is 45.1 Å². The zero-order valence-electron chi connectivity index (χ0n) is 10.5. The summed E-state index contributed by atoms with van der Waals surface area (Å²) < 4.78 is 0. The summed E-state index contributed by atoms with van der Waals surface area (Å²) in [6.45, 7) is 2.13. The van der Waals surface area contributed by atoms with Gasteiger partial charge in [-0.2, -0.15) is 0 Å². The van der Waals surface area contributed by atoms with Gasteiger partial charge in [0.25, 0.3) is 0 Å². The van der Waals surface area contributed by atoms with Gasteiger partial charge in [-0.1, -0.05) is 19.3 Å². The Morgan fingerprint density at radius 1 is 1.33 bits per heavy atom. The maximum atomic E-state index is 10.5. The third kappa shape index (κ3) is 3.15. The second-order valence-corrected chi connectivity index (χ2v) is 4.85. The first-order valence-electron chi connectivity index (χ1n) is 6.40. The minimum atomic E-state index is -0.492. The normalized spacial score (nSPS) is 18.3. The molecule has 18 heavy (non-hydrogen) atoms. The van der Waals surface area contributed by atoms with Gasteiger partial charge in [-0.25, -0.2) is 9.97 Å². The smallest absolute Gasteiger partial charge is 0.305 e. The fourth-order valence-corrected chi connectivity index (χ4v) is 2.45. The molecule has 1 aromatic heterocycles. The fourth-order valence-electron chi connectivity index (χ4n) is 2.45. The lowest BCUT2D eigenvalue weighted by Crippen LogP contribution is -2.28. The molecule has 1 atom stereocenters. The maximum Gasteiger partial charge on any atom is 0.305 e. The molecule has 1 unspecified atom stereocenters. The quantitative estimate of drug-likeness (QED) is 0.656. The number of nitro groups is 1. The van der Waals surface area contributed by atoms with Gasteiger partial charge in [-0.05, 0) is 25.7 Å². The van der Waals surface area contributed by atoms with Crippen molar-refractivity contribution < 1.29 is 4.92 Å². The standard InChI is InChI=1S/C12H18N4O2/c1-9(10-5-3-2-4-6-10)15-12-13-7-11(8-14-12)16(17)18/h7-10H,2-6H2,1H3,(H,13,14,15). The number of nitrogens with one attached hydrogen (secondary N) is 1. The molecule has 1 aliphatic carbocycles. The SMILES string of the molecule is CC(Nc1ncc([N+](=O)[O-])cn1)C1CCCCC1. The molecule has 0 amide bonds. The van der Waals surface area contributed by atoms with Gasteiger partial charge in [-0.3, -0.25) is 10.1 Å². The lowest BCUT2D eigenvalue weighted by molar-refractivity contribution is -0.385. The molecule has 6 nitrogen and oxygen atoms in total. The highest BCUT2D eigenvalue weighted by molar-refractivity contribution is 5.31. The van der Waals surface area contributed by atoms with E-state index in [0.717, 1.165) is 0 Å². The molecule has 1 heterocycles. The molecule has 1 aliphatic rings. The number of nitrogens with zero attached hydrogens (tertiary/aromatic N) is 3. The Hall–Kier alpha value is -1.72. The number of rotatable bonds is 4. The van der Waals surface area contributed by atoms with Crippen molar-refractivity contribution >= 4 is 11.6 Å². The molecule has 0 radical (unpaired) electrons. The van der Waals surface area contributed by atoms with E-state index >= 15 is 0 Å². The topological polar surface area (TPSA) is 81.0 Å². The minimum absolute atomic E-state index is 0.0779. The number of hydrogen-bond donors (Lipinski definition) is 1. The third-order valence-electron chi connectivity index (χ3n) is 3.56. The minimum Gasteiger partial charge on any atom is -0.351 e. The van der Waals surface area contributed by atoms with Crippen LogP contribution >= 0.6 is 0 Å². The lowest BCUT2D eigenvalue weighted by atomic mass is 9.85. The van der Waals surface area contributed by atoms with Crippen molar-refractivity contribution in [3.05, 3.63) is 22.5 Å². The maximum absolute atomic E-state index is 10.5. The molecule has 1 fully saturated rings. The molecule has 6 heteroatoms. The highest BCUT2D eigenvalue weighted by atomic mass is 16.6. The van der Waals surface area contributed by atoms with Crippen LogP contribution < -0.4 is 5.32 Å². The third-order valence-corrected chi connectivity index (χ3v) is 3.56. The largest absolute Gasteiger partial charge is 0.351 e. The van der Waals surface area contributed by atoms with Crippen LogP contribution in [0.15, 0.2) is 12.4 Å². The van der Waals surface area contributed by atoms with Crippen molar-refractivity contribution in [3.8, 4) is 0 Å². The molecule has 1 saturated carbocycles. The fraction of sp³-hybridized carbons (Fsp3) is 0.667. The Morgan fingerprint density at radius 2 is 1.94 bits per heavy atom. The second-order valence-electron chi connectivity index (χ2n) is 4.85. The Kier molecular flexibility index (Phi) is 4.07. The van der Waals surface area contributed by atoms with Gasteiger partial charge in [0.05, 0.1) is 4.92 Å². The first-order valence-corrected chi connectivity index (χ1v) is 6.40. The van der Waals surface area contributed by atoms with Crippen molar-refractivity contribution in [1.82, 2.24) is 9.97 Å². The first kappa shape index (κ1) is 12.7. The van der Waals surface area contributed by atoms with Gasteiger partial charge >= 0.3 is 5.69 Å². The van der Waals surface area contributed by atoms with Crippen molar-refractivity contribution in [1.29, 1.82) is 0 Å². The van der Waals surface area contributed by atoms with Crippen LogP contribution in [-0.4, -0.2) is 20.9 Å². The second kappa shape index (κ2) is 5.75. The summed E-state index contributed by atoms with van der Waals surface area (Å²) in [5, 5.41) is 13.7. The molecule has 1 aromatic rings. The van der Waals surface area contributed by atoms with Crippen LogP contribution in [0.25, 0.3) is 0 Å². The van der Waals surface area contributed by atoms with Gasteiger partial charge in [-0.15, -0.1) is 0 Å². The predicted molar refractivity (Wildman–Crippen MR) is 68.3 cm³/mol. The van der Waals surface area contributed by atoms with E-state index in [2.05, 4.69) is 22.2 Å². The average molecular weight is 250 g/mol. The molecular weight excluding hydrogens is 232 g/mol. The molecule has 2 rings (SSSR count). The van der Waals surface area contributed by atoms with Crippen LogP contribution in [0, 0.1) is 16.0 Å². The summed E-state index contributed by atoms with van der Waals surface area (Å²) in [6, 6.07) is 0.312. The molecule has 0 aliphatic heterocycles. The van der Waals surface area contributed by atoms with E-state index in [-0.39, 0.29) is 5.69 Å². The van der Waals surface area contributed by atoms with Crippen LogP contribution in [0.1, 0.15) is 39.0 Å². The molecule has 98 valence electrons. The molecule has 0 bridgehead atoms. The van der Waals surface area contributed by atoms with E-state index < -0.39 is 4.92 Å². The summed E-state index contributed by atoms with van der Waals surface area (Å²) in [4.78, 5) is 17.9. The highest BCUT2D eigenvalue weighted by Crippen LogP contribution is 2.27. The monoisotopic (exact) mass is 250 g/mol. The van der Waals surface area contributed by atoms with Crippen molar-refractivity contribution in [2.75, 3.05) is 5.32 Å². The summed E-state index contributed by atoms with van der Waals surface area (Å²) in [6.07, 6.45) is 8.86. The van der Waals surface area contributed by atoms with E-state index in [0.29, 0.717) is 17.9 Å². The average Bonchev–Trinajstić information content (AvgIpc) is 2.40. The highest BCUT2D eigenvalue weighted by Gasteiger charge is 2.20. The van der Waals surface area contributed by atoms with Crippen molar-refractivity contribution in [2.24, 2.45) is 5.92 Å². The Balaban J connectivity index is 1.93. The van der Waals surface area contributed by atoms with E-state index in [1.165, 1.54) is 44.5 Å². The van der Waals surface area contributed by atoms with Crippen LogP contribution in [0.3, 0.4) is 0 Å². The van der Waals surface area contributed by atoms with Gasteiger partial charge in [0.15, 0.2) is 0 Å². The number of hydrogen-bond acceptors (Lipinski definition) is 5. The van der Waals surface area contributed by atoms with Crippen LogP contribution in [0.4, 0.5) is 11.6 Å². The summed E-state index contributed by atoms with van der Waals surface area (Å²) in [5.74, 6) is 1.12. The van der Waals surface area contributed by atoms with Gasteiger partial charge < -0.3 is 5.32 Å². The first-order chi connectivity index (χ1) is 8.66. The zero-order chi connectivity index (χ0) is 13.0. The van der Waals surface area contributed by atoms with Gasteiger partial charge in [0, 0.05) is 6.04 Å². The van der Waals surface area contributed by atoms with E-state index in [9.17, 15) is 10.1 Å². The lowest BCUT2D eigenvalue weighted by Gasteiger charge is -2.28. The summed E-state index contributed by atoms with van der Waals surface area (Å²) in [5.41, 5.74) is -0.0779. The molecular formula is C12H18N4O2. The van der Waals surface area contributed by atoms with Crippen LogP contribution in [0.5, 0.6) is 0 Å². The van der Waals surface area contributed by atoms with Crippen LogP contribution in [-0.2, 0) is 0 Å². The van der Waals surface area contributed by atoms with Gasteiger partial charge in [0.1, 0.15) is 12.4 Å². The van der Waals surface area contributed by atoms with E-state index in [1.807, 2.05) is 0 Å².